The van der Waals surface area contributed by atoms with Crippen LogP contribution in [0.1, 0.15) is 12.8 Å². The zero-order chi connectivity index (χ0) is 16.3. The molecule has 8 heteroatoms. The first-order valence-corrected chi connectivity index (χ1v) is 6.89. The van der Waals surface area contributed by atoms with Crippen molar-refractivity contribution in [2.75, 3.05) is 5.32 Å². The van der Waals surface area contributed by atoms with E-state index in [0.717, 1.165) is 0 Å². The van der Waals surface area contributed by atoms with Crippen molar-refractivity contribution in [2.24, 2.45) is 11.8 Å². The van der Waals surface area contributed by atoms with Crippen molar-refractivity contribution in [2.45, 2.75) is 12.8 Å². The molecule has 2 atom stereocenters. The van der Waals surface area contributed by atoms with Crippen LogP contribution >= 0.6 is 11.6 Å². The average molecular weight is 325 g/mol. The van der Waals surface area contributed by atoms with Crippen LogP contribution in [0.4, 0.5) is 11.4 Å². The molecular weight excluding hydrogens is 312 g/mol. The standard InChI is InChI=1S/C14H13ClN2O5/c15-8-4-5-11(14(19)20)12(6-8)13(18)16-9-2-1-3-10(7-9)17(21)22/h1-4,7,11-12H,5-6H2,(H,16,18)(H,19,20). The summed E-state index contributed by atoms with van der Waals surface area (Å²) in [5, 5.41) is 22.9. The van der Waals surface area contributed by atoms with Gasteiger partial charge in [0.1, 0.15) is 0 Å². The lowest BCUT2D eigenvalue weighted by Crippen LogP contribution is -2.35. The highest BCUT2D eigenvalue weighted by Gasteiger charge is 2.36. The molecule has 1 amide bonds. The molecule has 0 radical (unpaired) electrons. The Balaban J connectivity index is 2.17. The number of benzene rings is 1. The number of rotatable bonds is 4. The van der Waals surface area contributed by atoms with E-state index in [4.69, 9.17) is 11.6 Å². The van der Waals surface area contributed by atoms with Crippen LogP contribution in [-0.2, 0) is 9.59 Å². The molecule has 0 bridgehead atoms. The van der Waals surface area contributed by atoms with Gasteiger partial charge in [-0.2, -0.15) is 0 Å². The smallest absolute Gasteiger partial charge is 0.307 e. The summed E-state index contributed by atoms with van der Waals surface area (Å²) in [6.45, 7) is 0. The van der Waals surface area contributed by atoms with E-state index in [2.05, 4.69) is 5.32 Å². The lowest BCUT2D eigenvalue weighted by molar-refractivity contribution is -0.384. The minimum atomic E-state index is -1.07. The second-order valence-electron chi connectivity index (χ2n) is 4.94. The summed E-state index contributed by atoms with van der Waals surface area (Å²) in [7, 11) is 0. The molecule has 1 aliphatic carbocycles. The molecule has 116 valence electrons. The monoisotopic (exact) mass is 324 g/mol. The summed E-state index contributed by atoms with van der Waals surface area (Å²) >= 11 is 5.89. The maximum Gasteiger partial charge on any atom is 0.307 e. The maximum absolute atomic E-state index is 12.3. The predicted molar refractivity (Wildman–Crippen MR) is 79.5 cm³/mol. The van der Waals surface area contributed by atoms with Gasteiger partial charge < -0.3 is 10.4 Å². The Hall–Kier alpha value is -2.41. The summed E-state index contributed by atoms with van der Waals surface area (Å²) in [6.07, 6.45) is 1.91. The number of nitro groups is 1. The van der Waals surface area contributed by atoms with Crippen molar-refractivity contribution in [3.63, 3.8) is 0 Å². The molecular formula is C14H13ClN2O5. The van der Waals surface area contributed by atoms with Crippen LogP contribution in [0.2, 0.25) is 0 Å². The van der Waals surface area contributed by atoms with E-state index in [-0.39, 0.29) is 24.2 Å². The van der Waals surface area contributed by atoms with Crippen LogP contribution in [0.25, 0.3) is 0 Å². The van der Waals surface area contributed by atoms with Crippen molar-refractivity contribution in [1.82, 2.24) is 0 Å². The summed E-state index contributed by atoms with van der Waals surface area (Å²) in [5.41, 5.74) is 0.0863. The number of nitrogens with one attached hydrogen (secondary N) is 1. The molecule has 2 rings (SSSR count). The van der Waals surface area contributed by atoms with Gasteiger partial charge in [-0.15, -0.1) is 0 Å². The van der Waals surface area contributed by atoms with E-state index in [1.54, 1.807) is 6.08 Å². The number of carbonyl (C=O) groups excluding carboxylic acids is 1. The molecule has 2 N–H and O–H groups in total. The Morgan fingerprint density at radius 3 is 2.73 bits per heavy atom. The molecule has 2 unspecified atom stereocenters. The molecule has 0 aliphatic heterocycles. The van der Waals surface area contributed by atoms with Crippen LogP contribution in [0.15, 0.2) is 35.4 Å². The number of carbonyl (C=O) groups is 2. The van der Waals surface area contributed by atoms with Gasteiger partial charge in [0, 0.05) is 22.9 Å². The van der Waals surface area contributed by atoms with Crippen LogP contribution < -0.4 is 5.32 Å². The van der Waals surface area contributed by atoms with E-state index >= 15 is 0 Å². The number of carboxylic acids is 1. The highest BCUT2D eigenvalue weighted by molar-refractivity contribution is 6.29. The average Bonchev–Trinajstić information content (AvgIpc) is 2.47. The number of anilines is 1. The SMILES string of the molecule is O=C(O)C1CC=C(Cl)CC1C(=O)Nc1cccc([N+](=O)[O-])c1. The number of aliphatic carboxylic acids is 1. The molecule has 0 saturated heterocycles. The number of amides is 1. The number of hydrogen-bond acceptors (Lipinski definition) is 4. The van der Waals surface area contributed by atoms with E-state index < -0.39 is 28.6 Å². The van der Waals surface area contributed by atoms with Gasteiger partial charge in [0.15, 0.2) is 0 Å². The number of nitrogens with zero attached hydrogens (tertiary/aromatic N) is 1. The summed E-state index contributed by atoms with van der Waals surface area (Å²) in [5.74, 6) is -3.26. The Kier molecular flexibility index (Phi) is 4.77. The van der Waals surface area contributed by atoms with Gasteiger partial charge in [-0.1, -0.05) is 23.7 Å². The molecule has 22 heavy (non-hydrogen) atoms. The normalized spacial score (nSPS) is 20.9. The lowest BCUT2D eigenvalue weighted by atomic mass is 9.82. The zero-order valence-electron chi connectivity index (χ0n) is 11.4. The highest BCUT2D eigenvalue weighted by Crippen LogP contribution is 2.33. The molecule has 0 fully saturated rings. The molecule has 1 aromatic rings. The lowest BCUT2D eigenvalue weighted by Gasteiger charge is -2.25. The van der Waals surface area contributed by atoms with Crippen molar-refractivity contribution in [1.29, 1.82) is 0 Å². The van der Waals surface area contributed by atoms with Gasteiger partial charge in [-0.25, -0.2) is 0 Å². The third-order valence-electron chi connectivity index (χ3n) is 3.47. The van der Waals surface area contributed by atoms with Crippen molar-refractivity contribution in [3.05, 3.63) is 45.5 Å². The second kappa shape index (κ2) is 6.57. The topological polar surface area (TPSA) is 110 Å². The van der Waals surface area contributed by atoms with E-state index in [1.165, 1.54) is 24.3 Å². The highest BCUT2D eigenvalue weighted by atomic mass is 35.5. The molecule has 0 heterocycles. The Morgan fingerprint density at radius 1 is 1.36 bits per heavy atom. The number of non-ortho nitro benzene ring substituents is 1. The fourth-order valence-corrected chi connectivity index (χ4v) is 2.59. The molecule has 0 spiro atoms. The van der Waals surface area contributed by atoms with Gasteiger partial charge in [0.25, 0.3) is 5.69 Å². The third kappa shape index (κ3) is 3.62. The first-order chi connectivity index (χ1) is 10.4. The number of nitro benzene ring substituents is 1. The zero-order valence-corrected chi connectivity index (χ0v) is 12.1. The fourth-order valence-electron chi connectivity index (χ4n) is 2.34. The van der Waals surface area contributed by atoms with E-state index in [9.17, 15) is 24.8 Å². The minimum Gasteiger partial charge on any atom is -0.481 e. The first-order valence-electron chi connectivity index (χ1n) is 6.51. The van der Waals surface area contributed by atoms with Crippen molar-refractivity contribution >= 4 is 34.9 Å². The largest absolute Gasteiger partial charge is 0.481 e. The number of allylic oxidation sites excluding steroid dienone is 2. The Morgan fingerprint density at radius 2 is 2.09 bits per heavy atom. The number of carboxylic acid groups (broad SMARTS) is 1. The minimum absolute atomic E-state index is 0.138. The second-order valence-corrected chi connectivity index (χ2v) is 5.42. The molecule has 0 aromatic heterocycles. The van der Waals surface area contributed by atoms with Gasteiger partial charge in [-0.05, 0) is 18.9 Å². The first kappa shape index (κ1) is 16.0. The fraction of sp³-hybridized carbons (Fsp3) is 0.286. The molecule has 0 saturated carbocycles. The van der Waals surface area contributed by atoms with Crippen LogP contribution in [0.3, 0.4) is 0 Å². The summed E-state index contributed by atoms with van der Waals surface area (Å²) < 4.78 is 0. The Bertz CT molecular complexity index is 658. The quantitative estimate of drug-likeness (QED) is 0.653. The molecule has 1 aromatic carbocycles. The predicted octanol–water partition coefficient (Wildman–Crippen LogP) is 2.77. The Labute approximate surface area is 130 Å². The molecule has 1 aliphatic rings. The maximum atomic E-state index is 12.3. The van der Waals surface area contributed by atoms with Gasteiger partial charge in [0.05, 0.1) is 16.8 Å². The summed E-state index contributed by atoms with van der Waals surface area (Å²) in [6, 6.07) is 5.46. The van der Waals surface area contributed by atoms with Crippen LogP contribution in [0, 0.1) is 22.0 Å². The van der Waals surface area contributed by atoms with E-state index in [0.29, 0.717) is 5.03 Å². The summed E-state index contributed by atoms with van der Waals surface area (Å²) in [4.78, 5) is 33.7. The number of hydrogen-bond donors (Lipinski definition) is 2. The van der Waals surface area contributed by atoms with Crippen molar-refractivity contribution in [3.8, 4) is 0 Å². The van der Waals surface area contributed by atoms with Crippen LogP contribution in [0.5, 0.6) is 0 Å². The van der Waals surface area contributed by atoms with E-state index in [1.807, 2.05) is 0 Å². The molecule has 7 nitrogen and oxygen atoms in total. The van der Waals surface area contributed by atoms with Gasteiger partial charge in [-0.3, -0.25) is 19.7 Å². The van der Waals surface area contributed by atoms with Gasteiger partial charge in [0.2, 0.25) is 5.91 Å². The number of halogens is 1. The third-order valence-corrected chi connectivity index (χ3v) is 3.78. The van der Waals surface area contributed by atoms with Crippen LogP contribution in [-0.4, -0.2) is 21.9 Å². The van der Waals surface area contributed by atoms with Crippen molar-refractivity contribution < 1.29 is 19.6 Å². The van der Waals surface area contributed by atoms with Gasteiger partial charge >= 0.3 is 5.97 Å².